The number of rotatable bonds is 9. The lowest BCUT2D eigenvalue weighted by Crippen LogP contribution is -2.15. The second-order valence-corrected chi connectivity index (χ2v) is 9.51. The standard InChI is InChI=1S/C29H26N4O6S/c1-36-20-11-12-21-22(15-20)31-29(30-21)40-16-18-14-17(10-13-23(18)37-2)25-24(27(34)38-3)26(28(35)39-4)33(32-25)19-8-6-5-7-9-19/h5-15H,16H2,1-4H3,(H,30,31). The van der Waals surface area contributed by atoms with Crippen molar-refractivity contribution in [3.05, 3.63) is 83.6 Å². The predicted octanol–water partition coefficient (Wildman–Crippen LogP) is 5.30. The molecule has 204 valence electrons. The number of H-pyrrole nitrogens is 1. The molecule has 0 atom stereocenters. The molecule has 3 aromatic carbocycles. The van der Waals surface area contributed by atoms with E-state index in [1.54, 1.807) is 38.5 Å². The SMILES string of the molecule is COC(=O)c1c(-c2ccc(OC)c(CSc3nc4ccc(OC)cc4[nH]3)c2)nn(-c2ccccc2)c1C(=O)OC. The first-order chi connectivity index (χ1) is 19.5. The summed E-state index contributed by atoms with van der Waals surface area (Å²) in [5.41, 5.74) is 3.98. The van der Waals surface area contributed by atoms with Crippen LogP contribution in [0, 0.1) is 0 Å². The number of carbonyl (C=O) groups excluding carboxylic acids is 2. The smallest absolute Gasteiger partial charge is 0.357 e. The molecular weight excluding hydrogens is 532 g/mol. The Morgan fingerprint density at radius 2 is 1.68 bits per heavy atom. The molecule has 5 rings (SSSR count). The highest BCUT2D eigenvalue weighted by Gasteiger charge is 2.31. The molecule has 2 heterocycles. The first kappa shape index (κ1) is 26.8. The number of imidazole rings is 1. The van der Waals surface area contributed by atoms with E-state index >= 15 is 0 Å². The Kier molecular flexibility index (Phi) is 7.74. The maximum atomic E-state index is 13.0. The molecular formula is C29H26N4O6S. The minimum atomic E-state index is -0.714. The van der Waals surface area contributed by atoms with E-state index in [2.05, 4.69) is 15.1 Å². The lowest BCUT2D eigenvalue weighted by Gasteiger charge is -2.10. The van der Waals surface area contributed by atoms with E-state index in [9.17, 15) is 9.59 Å². The molecule has 0 bridgehead atoms. The van der Waals surface area contributed by atoms with E-state index in [-0.39, 0.29) is 17.0 Å². The number of aromatic nitrogens is 4. The molecule has 40 heavy (non-hydrogen) atoms. The molecule has 0 aliphatic rings. The first-order valence-corrected chi connectivity index (χ1v) is 13.1. The average molecular weight is 559 g/mol. The van der Waals surface area contributed by atoms with Crippen molar-refractivity contribution in [2.45, 2.75) is 10.9 Å². The zero-order valence-corrected chi connectivity index (χ0v) is 23.1. The van der Waals surface area contributed by atoms with Gasteiger partial charge >= 0.3 is 11.9 Å². The van der Waals surface area contributed by atoms with Crippen LogP contribution in [0.25, 0.3) is 28.0 Å². The van der Waals surface area contributed by atoms with Crippen LogP contribution in [0.4, 0.5) is 0 Å². The highest BCUT2D eigenvalue weighted by molar-refractivity contribution is 7.98. The molecule has 10 nitrogen and oxygen atoms in total. The van der Waals surface area contributed by atoms with Gasteiger partial charge in [0.1, 0.15) is 22.8 Å². The maximum Gasteiger partial charge on any atom is 0.357 e. The van der Waals surface area contributed by atoms with E-state index in [4.69, 9.17) is 18.9 Å². The van der Waals surface area contributed by atoms with Crippen molar-refractivity contribution in [2.75, 3.05) is 28.4 Å². The molecule has 0 aliphatic carbocycles. The monoisotopic (exact) mass is 558 g/mol. The fourth-order valence-corrected chi connectivity index (χ4v) is 5.17. The summed E-state index contributed by atoms with van der Waals surface area (Å²) in [7, 11) is 5.72. The van der Waals surface area contributed by atoms with Gasteiger partial charge in [-0.3, -0.25) is 0 Å². The quantitative estimate of drug-likeness (QED) is 0.190. The molecule has 0 aliphatic heterocycles. The Labute approximate surface area is 234 Å². The van der Waals surface area contributed by atoms with Crippen molar-refractivity contribution in [1.29, 1.82) is 0 Å². The molecule has 2 aromatic heterocycles. The van der Waals surface area contributed by atoms with Gasteiger partial charge in [0.2, 0.25) is 0 Å². The maximum absolute atomic E-state index is 13.0. The van der Waals surface area contributed by atoms with Gasteiger partial charge in [-0.25, -0.2) is 19.3 Å². The second kappa shape index (κ2) is 11.5. The molecule has 0 unspecified atom stereocenters. The van der Waals surface area contributed by atoms with Crippen LogP contribution in [0.15, 0.2) is 71.9 Å². The third-order valence-corrected chi connectivity index (χ3v) is 7.16. The van der Waals surface area contributed by atoms with Crippen molar-refractivity contribution in [3.8, 4) is 28.4 Å². The van der Waals surface area contributed by atoms with Gasteiger partial charge < -0.3 is 23.9 Å². The van der Waals surface area contributed by atoms with Gasteiger partial charge in [0.05, 0.1) is 45.2 Å². The van der Waals surface area contributed by atoms with Crippen LogP contribution < -0.4 is 9.47 Å². The molecule has 0 fully saturated rings. The molecule has 5 aromatic rings. The Morgan fingerprint density at radius 1 is 0.900 bits per heavy atom. The van der Waals surface area contributed by atoms with Crippen LogP contribution in [-0.2, 0) is 15.2 Å². The van der Waals surface area contributed by atoms with E-state index in [0.29, 0.717) is 22.8 Å². The number of thioether (sulfide) groups is 1. The Hall–Kier alpha value is -4.77. The number of aromatic amines is 1. The number of methoxy groups -OCH3 is 4. The van der Waals surface area contributed by atoms with E-state index in [0.717, 1.165) is 27.5 Å². The number of ether oxygens (including phenoxy) is 4. The largest absolute Gasteiger partial charge is 0.497 e. The fraction of sp³-hybridized carbons (Fsp3) is 0.172. The van der Waals surface area contributed by atoms with Gasteiger partial charge in [0, 0.05) is 22.9 Å². The average Bonchev–Trinajstić information content (AvgIpc) is 3.61. The molecule has 0 radical (unpaired) electrons. The molecule has 11 heteroatoms. The summed E-state index contributed by atoms with van der Waals surface area (Å²) < 4.78 is 22.4. The Morgan fingerprint density at radius 3 is 2.38 bits per heavy atom. The minimum absolute atomic E-state index is 0.00760. The van der Waals surface area contributed by atoms with Gasteiger partial charge in [0.15, 0.2) is 10.9 Å². The molecule has 1 N–H and O–H groups in total. The lowest BCUT2D eigenvalue weighted by atomic mass is 10.0. The summed E-state index contributed by atoms with van der Waals surface area (Å²) in [6, 6.07) is 20.1. The number of fused-ring (bicyclic) bond motifs is 1. The number of carbonyl (C=O) groups is 2. The third kappa shape index (κ3) is 5.10. The normalized spacial score (nSPS) is 10.9. The van der Waals surface area contributed by atoms with Crippen LogP contribution in [0.1, 0.15) is 26.4 Å². The lowest BCUT2D eigenvalue weighted by molar-refractivity contribution is 0.0549. The van der Waals surface area contributed by atoms with Gasteiger partial charge in [0.25, 0.3) is 0 Å². The minimum Gasteiger partial charge on any atom is -0.497 e. The van der Waals surface area contributed by atoms with E-state index < -0.39 is 11.9 Å². The Bertz CT molecular complexity index is 1700. The summed E-state index contributed by atoms with van der Waals surface area (Å²) >= 11 is 1.50. The number of benzene rings is 3. The van der Waals surface area contributed by atoms with Crippen LogP contribution in [0.5, 0.6) is 11.5 Å². The molecule has 0 spiro atoms. The number of para-hydroxylation sites is 1. The number of esters is 2. The third-order valence-electron chi connectivity index (χ3n) is 6.24. The summed E-state index contributed by atoms with van der Waals surface area (Å²) in [4.78, 5) is 33.9. The zero-order valence-electron chi connectivity index (χ0n) is 22.3. The van der Waals surface area contributed by atoms with Crippen molar-refractivity contribution >= 4 is 34.7 Å². The summed E-state index contributed by atoms with van der Waals surface area (Å²) in [6.45, 7) is 0. The van der Waals surface area contributed by atoms with E-state index in [1.807, 2.05) is 42.5 Å². The molecule has 0 amide bonds. The van der Waals surface area contributed by atoms with Gasteiger partial charge in [-0.05, 0) is 42.5 Å². The van der Waals surface area contributed by atoms with Gasteiger partial charge in [-0.2, -0.15) is 5.10 Å². The number of nitrogens with zero attached hydrogens (tertiary/aromatic N) is 3. The Balaban J connectivity index is 1.57. The van der Waals surface area contributed by atoms with Gasteiger partial charge in [-0.1, -0.05) is 30.0 Å². The van der Waals surface area contributed by atoms with Crippen molar-refractivity contribution in [3.63, 3.8) is 0 Å². The summed E-state index contributed by atoms with van der Waals surface area (Å²) in [5, 5.41) is 5.41. The van der Waals surface area contributed by atoms with Crippen molar-refractivity contribution < 1.29 is 28.5 Å². The summed E-state index contributed by atoms with van der Waals surface area (Å²) in [6.07, 6.45) is 0. The number of nitrogens with one attached hydrogen (secondary N) is 1. The fourth-order valence-electron chi connectivity index (χ4n) is 4.30. The van der Waals surface area contributed by atoms with E-state index in [1.165, 1.54) is 30.7 Å². The zero-order chi connectivity index (χ0) is 28.2. The highest BCUT2D eigenvalue weighted by Crippen LogP contribution is 2.35. The van der Waals surface area contributed by atoms with Gasteiger partial charge in [-0.15, -0.1) is 0 Å². The van der Waals surface area contributed by atoms with Crippen molar-refractivity contribution in [2.24, 2.45) is 0 Å². The van der Waals surface area contributed by atoms with Crippen LogP contribution in [0.3, 0.4) is 0 Å². The summed E-state index contributed by atoms with van der Waals surface area (Å²) in [5.74, 6) is 0.482. The topological polar surface area (TPSA) is 118 Å². The van der Waals surface area contributed by atoms with Crippen molar-refractivity contribution in [1.82, 2.24) is 19.7 Å². The highest BCUT2D eigenvalue weighted by atomic mass is 32.2. The molecule has 0 saturated heterocycles. The number of hydrogen-bond donors (Lipinski definition) is 1. The van der Waals surface area contributed by atoms with Crippen LogP contribution >= 0.6 is 11.8 Å². The number of hydrogen-bond acceptors (Lipinski definition) is 9. The first-order valence-electron chi connectivity index (χ1n) is 12.2. The van der Waals surface area contributed by atoms with Crippen LogP contribution in [-0.4, -0.2) is 60.1 Å². The van der Waals surface area contributed by atoms with Crippen LogP contribution in [0.2, 0.25) is 0 Å². The molecule has 0 saturated carbocycles. The second-order valence-electron chi connectivity index (χ2n) is 8.54. The predicted molar refractivity (Wildman–Crippen MR) is 150 cm³/mol.